The van der Waals surface area contributed by atoms with E-state index in [2.05, 4.69) is 4.99 Å². The van der Waals surface area contributed by atoms with Crippen molar-refractivity contribution in [3.8, 4) is 0 Å². The van der Waals surface area contributed by atoms with Gasteiger partial charge in [0.2, 0.25) is 0 Å². The lowest BCUT2D eigenvalue weighted by molar-refractivity contribution is 0.191. The van der Waals surface area contributed by atoms with Gasteiger partial charge >= 0.3 is 0 Å². The van der Waals surface area contributed by atoms with Crippen molar-refractivity contribution >= 4 is 17.8 Å². The Bertz CT molecular complexity index is 272. The monoisotopic (exact) mass is 197 g/mol. The third-order valence-corrected chi connectivity index (χ3v) is 2.04. The molecule has 0 aromatic heterocycles. The van der Waals surface area contributed by atoms with Gasteiger partial charge < -0.3 is 5.11 Å². The van der Waals surface area contributed by atoms with E-state index in [1.54, 1.807) is 13.1 Å². The van der Waals surface area contributed by atoms with Gasteiger partial charge in [0, 0.05) is 6.21 Å². The molecule has 1 rings (SSSR count). The molecule has 13 heavy (non-hydrogen) atoms. The second kappa shape index (κ2) is 5.00. The number of rotatable bonds is 3. The van der Waals surface area contributed by atoms with Crippen molar-refractivity contribution in [3.63, 3.8) is 0 Å². The van der Waals surface area contributed by atoms with Gasteiger partial charge in [-0.15, -0.1) is 0 Å². The molecule has 1 N–H and O–H groups in total. The summed E-state index contributed by atoms with van der Waals surface area (Å²) in [5.74, 6) is 0. The van der Waals surface area contributed by atoms with Gasteiger partial charge in [-0.25, -0.2) is 0 Å². The van der Waals surface area contributed by atoms with Gasteiger partial charge in [0.1, 0.15) is 5.50 Å². The average Bonchev–Trinajstić information content (AvgIpc) is 2.15. The molecule has 3 heteroatoms. The van der Waals surface area contributed by atoms with Crippen LogP contribution in [0.2, 0.25) is 0 Å². The standard InChI is InChI=1S/C10H12ClNO/c1-8(13)10(11)12-7-9-5-3-2-4-6-9/h2-8,10,13H,1H3. The number of nitrogens with zero attached hydrogens (tertiary/aromatic N) is 1. The fourth-order valence-electron chi connectivity index (χ4n) is 0.821. The summed E-state index contributed by atoms with van der Waals surface area (Å²) < 4.78 is 0. The Balaban J connectivity index is 2.59. The maximum Gasteiger partial charge on any atom is 0.149 e. The second-order valence-electron chi connectivity index (χ2n) is 2.80. The Hall–Kier alpha value is -0.860. The molecule has 0 spiro atoms. The van der Waals surface area contributed by atoms with Crippen molar-refractivity contribution in [2.24, 2.45) is 4.99 Å². The van der Waals surface area contributed by atoms with E-state index in [4.69, 9.17) is 16.7 Å². The van der Waals surface area contributed by atoms with E-state index in [-0.39, 0.29) is 0 Å². The largest absolute Gasteiger partial charge is 0.390 e. The van der Waals surface area contributed by atoms with E-state index in [9.17, 15) is 0 Å². The van der Waals surface area contributed by atoms with E-state index >= 15 is 0 Å². The van der Waals surface area contributed by atoms with Crippen LogP contribution in [0.1, 0.15) is 12.5 Å². The summed E-state index contributed by atoms with van der Waals surface area (Å²) in [5, 5.41) is 9.05. The van der Waals surface area contributed by atoms with Crippen LogP contribution in [0.5, 0.6) is 0 Å². The third-order valence-electron chi connectivity index (χ3n) is 1.56. The van der Waals surface area contributed by atoms with Crippen molar-refractivity contribution in [2.45, 2.75) is 18.5 Å². The molecule has 0 aliphatic heterocycles. The Morgan fingerprint density at radius 1 is 1.38 bits per heavy atom. The van der Waals surface area contributed by atoms with Gasteiger partial charge in [-0.3, -0.25) is 4.99 Å². The van der Waals surface area contributed by atoms with Gasteiger partial charge in [0.15, 0.2) is 0 Å². The first-order valence-electron chi connectivity index (χ1n) is 4.10. The predicted octanol–water partition coefficient (Wildman–Crippen LogP) is 2.05. The zero-order valence-corrected chi connectivity index (χ0v) is 8.15. The number of benzene rings is 1. The Kier molecular flexibility index (Phi) is 3.93. The third kappa shape index (κ3) is 3.57. The minimum atomic E-state index is -0.623. The number of hydrogen-bond acceptors (Lipinski definition) is 2. The molecule has 0 aliphatic carbocycles. The molecule has 0 heterocycles. The molecule has 2 atom stereocenters. The maximum atomic E-state index is 9.05. The summed E-state index contributed by atoms with van der Waals surface area (Å²) in [6.07, 6.45) is 1.03. The summed E-state index contributed by atoms with van der Waals surface area (Å²) in [6.45, 7) is 1.61. The molecule has 0 amide bonds. The lowest BCUT2D eigenvalue weighted by Crippen LogP contribution is -2.13. The Labute approximate surface area is 82.9 Å². The molecule has 1 aromatic carbocycles. The lowest BCUT2D eigenvalue weighted by atomic mass is 10.2. The molecule has 2 nitrogen and oxygen atoms in total. The second-order valence-corrected chi connectivity index (χ2v) is 3.25. The van der Waals surface area contributed by atoms with Crippen LogP contribution in [-0.2, 0) is 0 Å². The van der Waals surface area contributed by atoms with Crippen LogP contribution in [0.15, 0.2) is 35.3 Å². The predicted molar refractivity (Wildman–Crippen MR) is 55.4 cm³/mol. The first-order chi connectivity index (χ1) is 6.20. The Morgan fingerprint density at radius 2 is 2.00 bits per heavy atom. The highest BCUT2D eigenvalue weighted by atomic mass is 35.5. The first-order valence-corrected chi connectivity index (χ1v) is 4.54. The van der Waals surface area contributed by atoms with Crippen LogP contribution in [0.4, 0.5) is 0 Å². The number of alkyl halides is 1. The smallest absolute Gasteiger partial charge is 0.149 e. The van der Waals surface area contributed by atoms with Crippen molar-refractivity contribution in [2.75, 3.05) is 0 Å². The highest BCUT2D eigenvalue weighted by molar-refractivity contribution is 6.21. The van der Waals surface area contributed by atoms with Gasteiger partial charge in [-0.05, 0) is 12.5 Å². The summed E-state index contributed by atoms with van der Waals surface area (Å²) in [5.41, 5.74) is 0.411. The molecule has 1 aromatic rings. The van der Waals surface area contributed by atoms with Crippen LogP contribution in [0, 0.1) is 0 Å². The van der Waals surface area contributed by atoms with Crippen LogP contribution in [0.25, 0.3) is 0 Å². The molecule has 0 fully saturated rings. The molecule has 0 aliphatic rings. The highest BCUT2D eigenvalue weighted by Crippen LogP contribution is 2.04. The minimum Gasteiger partial charge on any atom is -0.390 e. The van der Waals surface area contributed by atoms with E-state index in [1.165, 1.54) is 0 Å². The van der Waals surface area contributed by atoms with Crippen molar-refractivity contribution in [1.29, 1.82) is 0 Å². The van der Waals surface area contributed by atoms with Gasteiger partial charge in [-0.1, -0.05) is 41.9 Å². The molecular formula is C10H12ClNO. The average molecular weight is 198 g/mol. The summed E-state index contributed by atoms with van der Waals surface area (Å²) in [4.78, 5) is 3.98. The normalized spacial score (nSPS) is 15.9. The minimum absolute atomic E-state index is 0.569. The van der Waals surface area contributed by atoms with Crippen LogP contribution in [-0.4, -0.2) is 22.9 Å². The van der Waals surface area contributed by atoms with Crippen LogP contribution >= 0.6 is 11.6 Å². The number of aliphatic imine (C=N–C) groups is 1. The number of hydrogen-bond donors (Lipinski definition) is 1. The summed E-state index contributed by atoms with van der Waals surface area (Å²) in [7, 11) is 0. The van der Waals surface area contributed by atoms with E-state index in [1.807, 2.05) is 30.3 Å². The molecule has 70 valence electrons. The fourth-order valence-corrected chi connectivity index (χ4v) is 0.877. The fraction of sp³-hybridized carbons (Fsp3) is 0.300. The van der Waals surface area contributed by atoms with E-state index in [0.717, 1.165) is 5.56 Å². The molecular weight excluding hydrogens is 186 g/mol. The SMILES string of the molecule is CC(O)C(Cl)N=Cc1ccccc1. The van der Waals surface area contributed by atoms with Crippen molar-refractivity contribution in [3.05, 3.63) is 35.9 Å². The van der Waals surface area contributed by atoms with Crippen molar-refractivity contribution < 1.29 is 5.11 Å². The highest BCUT2D eigenvalue weighted by Gasteiger charge is 2.06. The molecule has 0 saturated carbocycles. The first kappa shape index (κ1) is 10.2. The number of aliphatic hydroxyl groups is 1. The van der Waals surface area contributed by atoms with Gasteiger partial charge in [-0.2, -0.15) is 0 Å². The maximum absolute atomic E-state index is 9.05. The van der Waals surface area contributed by atoms with Crippen LogP contribution < -0.4 is 0 Å². The van der Waals surface area contributed by atoms with E-state index in [0.29, 0.717) is 0 Å². The number of aliphatic hydroxyl groups excluding tert-OH is 1. The van der Waals surface area contributed by atoms with Gasteiger partial charge in [0.25, 0.3) is 0 Å². The van der Waals surface area contributed by atoms with Crippen LogP contribution in [0.3, 0.4) is 0 Å². The topological polar surface area (TPSA) is 32.6 Å². The molecule has 0 radical (unpaired) electrons. The lowest BCUT2D eigenvalue weighted by Gasteiger charge is -2.05. The number of halogens is 1. The molecule has 2 unspecified atom stereocenters. The Morgan fingerprint density at radius 3 is 2.54 bits per heavy atom. The summed E-state index contributed by atoms with van der Waals surface area (Å²) in [6, 6.07) is 9.63. The zero-order valence-electron chi connectivity index (χ0n) is 7.39. The zero-order chi connectivity index (χ0) is 9.68. The quantitative estimate of drug-likeness (QED) is 0.449. The summed E-state index contributed by atoms with van der Waals surface area (Å²) >= 11 is 5.72. The van der Waals surface area contributed by atoms with Crippen molar-refractivity contribution in [1.82, 2.24) is 0 Å². The van der Waals surface area contributed by atoms with E-state index < -0.39 is 11.6 Å². The molecule has 0 bridgehead atoms. The van der Waals surface area contributed by atoms with Gasteiger partial charge in [0.05, 0.1) is 6.10 Å². The molecule has 0 saturated heterocycles.